The number of carbonyl (C=O) groups excluding carboxylic acids is 4. The number of hydrogen-bond donors (Lipinski definition) is 4. The Bertz CT molecular complexity index is 1480. The van der Waals surface area contributed by atoms with Crippen LogP contribution in [-0.2, 0) is 9.59 Å². The molecule has 0 unspecified atom stereocenters. The Labute approximate surface area is 261 Å². The molecule has 2 aromatic heterocycles. The minimum atomic E-state index is -0.387. The summed E-state index contributed by atoms with van der Waals surface area (Å²) in [7, 11) is 0. The highest BCUT2D eigenvalue weighted by Crippen LogP contribution is 2.21. The number of urea groups is 2. The van der Waals surface area contributed by atoms with Crippen molar-refractivity contribution in [1.29, 1.82) is 0 Å². The summed E-state index contributed by atoms with van der Waals surface area (Å²) in [6, 6.07) is 9.97. The number of nitrogens with zero attached hydrogens (tertiary/aromatic N) is 6. The number of aromatic nitrogens is 4. The maximum atomic E-state index is 12.0. The van der Waals surface area contributed by atoms with Gasteiger partial charge in [0.1, 0.15) is 11.0 Å². The Morgan fingerprint density at radius 3 is 1.43 bits per heavy atom. The van der Waals surface area contributed by atoms with E-state index in [-0.39, 0.29) is 37.0 Å². The summed E-state index contributed by atoms with van der Waals surface area (Å²) in [6.07, 6.45) is 6.52. The minimum absolute atomic E-state index is 0.0240. The molecule has 4 N–H and O–H groups in total. The van der Waals surface area contributed by atoms with Gasteiger partial charge in [0, 0.05) is 37.6 Å². The van der Waals surface area contributed by atoms with Gasteiger partial charge in [0.25, 0.3) is 0 Å². The second-order valence-corrected chi connectivity index (χ2v) is 12.0. The van der Waals surface area contributed by atoms with Crippen LogP contribution >= 0.6 is 23.1 Å². The van der Waals surface area contributed by atoms with E-state index in [4.69, 9.17) is 0 Å². The maximum Gasteiger partial charge on any atom is 0.319 e. The van der Waals surface area contributed by atoms with Crippen LogP contribution in [-0.4, -0.2) is 92.1 Å². The molecule has 14 nitrogen and oxygen atoms in total. The molecule has 2 aliphatic rings. The number of hydrogen-bond acceptors (Lipinski definition) is 10. The van der Waals surface area contributed by atoms with Gasteiger partial charge in [-0.1, -0.05) is 8.98 Å². The van der Waals surface area contributed by atoms with Gasteiger partial charge in [0.2, 0.25) is 11.8 Å². The molecule has 0 aliphatic carbocycles. The topological polar surface area (TPSA) is 174 Å². The molecule has 44 heavy (non-hydrogen) atoms. The molecule has 16 heteroatoms. The van der Waals surface area contributed by atoms with E-state index >= 15 is 0 Å². The monoisotopic (exact) mass is 638 g/mol. The van der Waals surface area contributed by atoms with Crippen LogP contribution in [0.25, 0.3) is 20.4 Å². The first kappa shape index (κ1) is 31.0. The molecule has 6 amide bonds. The molecule has 0 radical (unpaired) electrons. The Morgan fingerprint density at radius 2 is 1.02 bits per heavy atom. The maximum absolute atomic E-state index is 12.0. The molecule has 0 spiro atoms. The lowest BCUT2D eigenvalue weighted by Gasteiger charge is -2.26. The second-order valence-electron chi connectivity index (χ2n) is 10.4. The number of nitrogens with one attached hydrogen (secondary N) is 4. The van der Waals surface area contributed by atoms with Crippen LogP contribution in [0.4, 0.5) is 21.0 Å². The molecular weight excluding hydrogens is 605 g/mol. The lowest BCUT2D eigenvalue weighted by Crippen LogP contribution is -2.43. The molecule has 2 fully saturated rings. The zero-order chi connectivity index (χ0) is 30.7. The third kappa shape index (κ3) is 8.79. The van der Waals surface area contributed by atoms with Crippen molar-refractivity contribution in [3.8, 4) is 0 Å². The number of likely N-dealkylation sites (tertiary alicyclic amines) is 2. The number of rotatable bonds is 6. The minimum Gasteiger partial charge on any atom is -0.341 e. The molecule has 2 aliphatic heterocycles. The van der Waals surface area contributed by atoms with E-state index in [1.807, 2.05) is 12.1 Å². The summed E-state index contributed by atoms with van der Waals surface area (Å²) in [6.45, 7) is 3.20. The molecule has 6 rings (SSSR count). The van der Waals surface area contributed by atoms with E-state index in [9.17, 15) is 19.2 Å². The molecule has 0 atom stereocenters. The number of piperidine rings is 2. The second kappa shape index (κ2) is 15.3. The fourth-order valence-electron chi connectivity index (χ4n) is 4.88. The number of benzene rings is 2. The van der Waals surface area contributed by atoms with Crippen molar-refractivity contribution < 1.29 is 19.2 Å². The Hall–Kier alpha value is -4.44. The summed E-state index contributed by atoms with van der Waals surface area (Å²) < 4.78 is 9.50. The van der Waals surface area contributed by atoms with Crippen molar-refractivity contribution in [3.05, 3.63) is 36.4 Å². The van der Waals surface area contributed by atoms with Gasteiger partial charge in [-0.25, -0.2) is 9.59 Å². The Balaban J connectivity index is 0.000000175. The molecular formula is C28H34N10O4S2. The van der Waals surface area contributed by atoms with Gasteiger partial charge in [-0.3, -0.25) is 9.59 Å². The predicted octanol–water partition coefficient (Wildman–Crippen LogP) is 3.65. The first-order valence-electron chi connectivity index (χ1n) is 14.5. The van der Waals surface area contributed by atoms with E-state index in [1.54, 1.807) is 34.1 Å². The highest BCUT2D eigenvalue weighted by molar-refractivity contribution is 7.13. The zero-order valence-corrected chi connectivity index (χ0v) is 25.7. The lowest BCUT2D eigenvalue weighted by molar-refractivity contribution is -0.131. The summed E-state index contributed by atoms with van der Waals surface area (Å²) in [5.74, 6) is -0.0612. The number of fused-ring (bicyclic) bond motifs is 2. The number of carbonyl (C=O) groups is 4. The Kier molecular flexibility index (Phi) is 10.8. The van der Waals surface area contributed by atoms with Crippen molar-refractivity contribution in [1.82, 2.24) is 39.6 Å². The highest BCUT2D eigenvalue weighted by atomic mass is 32.1. The smallest absolute Gasteiger partial charge is 0.319 e. The molecule has 4 heterocycles. The van der Waals surface area contributed by atoms with Gasteiger partial charge >= 0.3 is 12.1 Å². The van der Waals surface area contributed by atoms with Crippen molar-refractivity contribution in [2.75, 3.05) is 49.9 Å². The van der Waals surface area contributed by atoms with Crippen LogP contribution in [0.1, 0.15) is 38.5 Å². The Morgan fingerprint density at radius 1 is 0.614 bits per heavy atom. The summed E-state index contributed by atoms with van der Waals surface area (Å²) in [5, 5.41) is 18.5. The average molecular weight is 639 g/mol. The van der Waals surface area contributed by atoms with Crippen LogP contribution in [0.15, 0.2) is 36.4 Å². The molecule has 2 saturated heterocycles. The van der Waals surface area contributed by atoms with Gasteiger partial charge in [-0.15, -0.1) is 10.2 Å². The standard InChI is InChI=1S/2C14H17N5O2S/c2*20-13(19-6-2-1-3-7-19)9-15-14(21)16-10-4-5-11-12(8-10)22-18-17-11/h2*4-5,8H,1-3,6-7,9H2,(H2,15,16,21). The van der Waals surface area contributed by atoms with Crippen LogP contribution in [0.5, 0.6) is 0 Å². The molecule has 4 aromatic rings. The van der Waals surface area contributed by atoms with E-state index < -0.39 is 0 Å². The third-order valence-electron chi connectivity index (χ3n) is 7.23. The number of amides is 6. The van der Waals surface area contributed by atoms with Gasteiger partial charge in [0.15, 0.2) is 0 Å². The quantitative estimate of drug-likeness (QED) is 0.248. The number of anilines is 2. The molecule has 0 saturated carbocycles. The van der Waals surface area contributed by atoms with Crippen LogP contribution in [0, 0.1) is 0 Å². The van der Waals surface area contributed by atoms with E-state index in [0.717, 1.165) is 72.3 Å². The lowest BCUT2D eigenvalue weighted by atomic mass is 10.1. The molecule has 2 aromatic carbocycles. The normalized spacial score (nSPS) is 14.8. The zero-order valence-electron chi connectivity index (χ0n) is 24.1. The van der Waals surface area contributed by atoms with Gasteiger partial charge in [-0.05, 0) is 98.0 Å². The third-order valence-corrected chi connectivity index (χ3v) is 8.60. The largest absolute Gasteiger partial charge is 0.341 e. The first-order chi connectivity index (χ1) is 21.4. The van der Waals surface area contributed by atoms with E-state index in [0.29, 0.717) is 11.4 Å². The fourth-order valence-corrected chi connectivity index (χ4v) is 6.08. The predicted molar refractivity (Wildman–Crippen MR) is 170 cm³/mol. The van der Waals surface area contributed by atoms with Gasteiger partial charge < -0.3 is 31.1 Å². The van der Waals surface area contributed by atoms with Crippen molar-refractivity contribution >= 4 is 78.7 Å². The van der Waals surface area contributed by atoms with E-state index in [2.05, 4.69) is 40.4 Å². The van der Waals surface area contributed by atoms with Crippen LogP contribution < -0.4 is 21.3 Å². The van der Waals surface area contributed by atoms with Crippen molar-refractivity contribution in [2.45, 2.75) is 38.5 Å². The molecule has 0 bridgehead atoms. The SMILES string of the molecule is O=C(NCC(=O)N1CCCCC1)Nc1ccc2nnsc2c1.O=C(NCC(=O)N1CCCCC1)Nc1ccc2nnsc2c1. The summed E-state index contributed by atoms with van der Waals surface area (Å²) in [5.41, 5.74) is 2.91. The summed E-state index contributed by atoms with van der Waals surface area (Å²) >= 11 is 2.54. The van der Waals surface area contributed by atoms with Gasteiger partial charge in [0.05, 0.1) is 22.5 Å². The van der Waals surface area contributed by atoms with Crippen molar-refractivity contribution in [3.63, 3.8) is 0 Å². The average Bonchev–Trinajstić information content (AvgIpc) is 3.73. The van der Waals surface area contributed by atoms with Gasteiger partial charge in [-0.2, -0.15) is 0 Å². The van der Waals surface area contributed by atoms with Crippen molar-refractivity contribution in [2.24, 2.45) is 0 Å². The van der Waals surface area contributed by atoms with Crippen LogP contribution in [0.3, 0.4) is 0 Å². The van der Waals surface area contributed by atoms with Crippen LogP contribution in [0.2, 0.25) is 0 Å². The first-order valence-corrected chi connectivity index (χ1v) is 16.1. The van der Waals surface area contributed by atoms with E-state index in [1.165, 1.54) is 35.9 Å². The highest BCUT2D eigenvalue weighted by Gasteiger charge is 2.18. The fraction of sp³-hybridized carbons (Fsp3) is 0.429. The summed E-state index contributed by atoms with van der Waals surface area (Å²) in [4.78, 5) is 51.2. The molecule has 232 valence electrons.